The van der Waals surface area contributed by atoms with E-state index in [0.29, 0.717) is 5.56 Å². The Hall–Kier alpha value is -0.830. The molecule has 0 radical (unpaired) electrons. The summed E-state index contributed by atoms with van der Waals surface area (Å²) in [6.45, 7) is 3.85. The van der Waals surface area contributed by atoms with Gasteiger partial charge in [-0.25, -0.2) is 4.79 Å². The van der Waals surface area contributed by atoms with Gasteiger partial charge in [0, 0.05) is 10.9 Å². The number of rotatable bonds is 0. The second-order valence-corrected chi connectivity index (χ2v) is 5.04. The van der Waals surface area contributed by atoms with E-state index in [1.807, 2.05) is 26.0 Å². The minimum Gasteiger partial charge on any atom is -0.456 e. The van der Waals surface area contributed by atoms with Gasteiger partial charge >= 0.3 is 5.97 Å². The highest BCUT2D eigenvalue weighted by Crippen LogP contribution is 2.29. The van der Waals surface area contributed by atoms with Crippen LogP contribution >= 0.6 is 15.9 Å². The van der Waals surface area contributed by atoms with Crippen LogP contribution in [0.25, 0.3) is 0 Å². The predicted molar refractivity (Wildman–Crippen MR) is 57.3 cm³/mol. The smallest absolute Gasteiger partial charge is 0.338 e. The molecule has 2 nitrogen and oxygen atoms in total. The van der Waals surface area contributed by atoms with Crippen molar-refractivity contribution in [2.75, 3.05) is 0 Å². The van der Waals surface area contributed by atoms with Crippen LogP contribution in [0.15, 0.2) is 22.7 Å². The first kappa shape index (κ1) is 9.71. The van der Waals surface area contributed by atoms with Gasteiger partial charge in [0.15, 0.2) is 0 Å². The number of carbonyl (C=O) groups excluding carboxylic acids is 1. The first-order chi connectivity index (χ1) is 6.48. The van der Waals surface area contributed by atoms with Gasteiger partial charge in [-0.2, -0.15) is 0 Å². The molecule has 0 unspecified atom stereocenters. The third-order valence-corrected chi connectivity index (χ3v) is 2.77. The summed E-state index contributed by atoms with van der Waals surface area (Å²) in [5, 5.41) is 0. The van der Waals surface area contributed by atoms with Gasteiger partial charge in [-0.3, -0.25) is 0 Å². The molecule has 0 saturated heterocycles. The van der Waals surface area contributed by atoms with E-state index < -0.39 is 0 Å². The van der Waals surface area contributed by atoms with Crippen LogP contribution in [-0.4, -0.2) is 11.6 Å². The van der Waals surface area contributed by atoms with E-state index in [9.17, 15) is 4.79 Å². The number of benzene rings is 1. The Balaban J connectivity index is 2.51. The number of carbonyl (C=O) groups is 1. The third kappa shape index (κ3) is 1.69. The SMILES string of the molecule is CC1(C)Cc2cc(Br)ccc2C(=O)O1. The van der Waals surface area contributed by atoms with Gasteiger partial charge in [-0.1, -0.05) is 15.9 Å². The van der Waals surface area contributed by atoms with Gasteiger partial charge in [0.05, 0.1) is 5.56 Å². The van der Waals surface area contributed by atoms with Crippen LogP contribution in [-0.2, 0) is 11.2 Å². The minimum atomic E-state index is -0.384. The standard InChI is InChI=1S/C11H11BrO2/c1-11(2)6-7-5-8(12)3-4-9(7)10(13)14-11/h3-5H,6H2,1-2H3. The van der Waals surface area contributed by atoms with Crippen molar-refractivity contribution in [3.05, 3.63) is 33.8 Å². The monoisotopic (exact) mass is 254 g/mol. The molecule has 0 bridgehead atoms. The fourth-order valence-electron chi connectivity index (χ4n) is 1.71. The summed E-state index contributed by atoms with van der Waals surface area (Å²) < 4.78 is 6.29. The highest BCUT2D eigenvalue weighted by Gasteiger charge is 2.31. The Morgan fingerprint density at radius 2 is 2.14 bits per heavy atom. The predicted octanol–water partition coefficient (Wildman–Crippen LogP) is 2.94. The molecule has 1 aromatic rings. The minimum absolute atomic E-state index is 0.219. The average Bonchev–Trinajstić information content (AvgIpc) is 2.00. The Kier molecular flexibility index (Phi) is 2.14. The summed E-state index contributed by atoms with van der Waals surface area (Å²) in [6, 6.07) is 5.65. The molecule has 0 saturated carbocycles. The second kappa shape index (κ2) is 3.09. The Bertz CT molecular complexity index is 396. The highest BCUT2D eigenvalue weighted by molar-refractivity contribution is 9.10. The van der Waals surface area contributed by atoms with Crippen LogP contribution in [0, 0.1) is 0 Å². The van der Waals surface area contributed by atoms with Crippen LogP contribution in [0.5, 0.6) is 0 Å². The lowest BCUT2D eigenvalue weighted by Crippen LogP contribution is -2.35. The molecule has 0 aliphatic carbocycles. The molecule has 74 valence electrons. The zero-order valence-corrected chi connectivity index (χ0v) is 9.72. The van der Waals surface area contributed by atoms with Crippen molar-refractivity contribution in [3.8, 4) is 0 Å². The highest BCUT2D eigenvalue weighted by atomic mass is 79.9. The van der Waals surface area contributed by atoms with E-state index in [-0.39, 0.29) is 11.6 Å². The van der Waals surface area contributed by atoms with Gasteiger partial charge < -0.3 is 4.74 Å². The van der Waals surface area contributed by atoms with Gasteiger partial charge in [0.25, 0.3) is 0 Å². The van der Waals surface area contributed by atoms with Crippen molar-refractivity contribution < 1.29 is 9.53 Å². The number of cyclic esters (lactones) is 1. The second-order valence-electron chi connectivity index (χ2n) is 4.13. The van der Waals surface area contributed by atoms with Crippen LogP contribution < -0.4 is 0 Å². The van der Waals surface area contributed by atoms with Crippen molar-refractivity contribution >= 4 is 21.9 Å². The van der Waals surface area contributed by atoms with Crippen molar-refractivity contribution in [1.29, 1.82) is 0 Å². The normalized spacial score (nSPS) is 18.6. The molecule has 1 aromatic carbocycles. The van der Waals surface area contributed by atoms with Crippen molar-refractivity contribution in [2.24, 2.45) is 0 Å². The topological polar surface area (TPSA) is 26.3 Å². The van der Waals surface area contributed by atoms with E-state index >= 15 is 0 Å². The molecular weight excluding hydrogens is 244 g/mol. The van der Waals surface area contributed by atoms with Crippen molar-refractivity contribution in [3.63, 3.8) is 0 Å². The molecule has 0 amide bonds. The largest absolute Gasteiger partial charge is 0.456 e. The van der Waals surface area contributed by atoms with E-state index in [1.54, 1.807) is 6.07 Å². The molecule has 3 heteroatoms. The Morgan fingerprint density at radius 1 is 1.43 bits per heavy atom. The molecule has 0 aromatic heterocycles. The van der Waals surface area contributed by atoms with E-state index in [1.165, 1.54) is 0 Å². The van der Waals surface area contributed by atoms with Gasteiger partial charge in [-0.15, -0.1) is 0 Å². The summed E-state index contributed by atoms with van der Waals surface area (Å²) in [4.78, 5) is 11.6. The zero-order valence-electron chi connectivity index (χ0n) is 8.13. The molecule has 0 N–H and O–H groups in total. The average molecular weight is 255 g/mol. The van der Waals surface area contributed by atoms with E-state index in [4.69, 9.17) is 4.74 Å². The summed E-state index contributed by atoms with van der Waals surface area (Å²) in [6.07, 6.45) is 0.771. The number of halogens is 1. The molecule has 2 rings (SSSR count). The molecule has 1 aliphatic heterocycles. The van der Waals surface area contributed by atoms with Crippen molar-refractivity contribution in [1.82, 2.24) is 0 Å². The molecule has 0 atom stereocenters. The van der Waals surface area contributed by atoms with E-state index in [0.717, 1.165) is 16.5 Å². The van der Waals surface area contributed by atoms with Crippen molar-refractivity contribution in [2.45, 2.75) is 25.9 Å². The maximum Gasteiger partial charge on any atom is 0.338 e. The summed E-state index contributed by atoms with van der Waals surface area (Å²) in [7, 11) is 0. The van der Waals surface area contributed by atoms with Crippen LogP contribution in [0.2, 0.25) is 0 Å². The number of ether oxygens (including phenoxy) is 1. The zero-order chi connectivity index (χ0) is 10.3. The Labute approximate surface area is 91.4 Å². The molecular formula is C11H11BrO2. The van der Waals surface area contributed by atoms with Crippen LogP contribution in [0.4, 0.5) is 0 Å². The number of fused-ring (bicyclic) bond motifs is 1. The lowest BCUT2D eigenvalue weighted by atomic mass is 9.92. The molecule has 14 heavy (non-hydrogen) atoms. The Morgan fingerprint density at radius 3 is 2.86 bits per heavy atom. The summed E-state index contributed by atoms with van der Waals surface area (Å²) in [5.74, 6) is -0.219. The lowest BCUT2D eigenvalue weighted by Gasteiger charge is -2.30. The van der Waals surface area contributed by atoms with Gasteiger partial charge in [-0.05, 0) is 37.6 Å². The molecule has 0 spiro atoms. The summed E-state index contributed by atoms with van der Waals surface area (Å²) in [5.41, 5.74) is 1.36. The third-order valence-electron chi connectivity index (χ3n) is 2.27. The molecule has 0 fully saturated rings. The van der Waals surface area contributed by atoms with Crippen LogP contribution in [0.3, 0.4) is 0 Å². The maximum atomic E-state index is 11.6. The van der Waals surface area contributed by atoms with E-state index in [2.05, 4.69) is 15.9 Å². The molecule has 1 aliphatic rings. The van der Waals surface area contributed by atoms with Gasteiger partial charge in [0.1, 0.15) is 5.60 Å². The molecule has 1 heterocycles. The quantitative estimate of drug-likeness (QED) is 0.666. The lowest BCUT2D eigenvalue weighted by molar-refractivity contribution is -0.00648. The number of esters is 1. The first-order valence-corrected chi connectivity index (χ1v) is 5.29. The maximum absolute atomic E-state index is 11.6. The fourth-order valence-corrected chi connectivity index (χ4v) is 2.12. The fraction of sp³-hybridized carbons (Fsp3) is 0.364. The number of hydrogen-bond acceptors (Lipinski definition) is 2. The first-order valence-electron chi connectivity index (χ1n) is 4.50. The van der Waals surface area contributed by atoms with Crippen LogP contribution in [0.1, 0.15) is 29.8 Å². The number of hydrogen-bond donors (Lipinski definition) is 0. The summed E-state index contributed by atoms with van der Waals surface area (Å²) >= 11 is 3.40. The van der Waals surface area contributed by atoms with Gasteiger partial charge in [0.2, 0.25) is 0 Å².